The number of carbonyl (C=O) groups is 1. The Hall–Kier alpha value is -2.95. The van der Waals surface area contributed by atoms with Gasteiger partial charge in [-0.25, -0.2) is 0 Å². The van der Waals surface area contributed by atoms with Crippen LogP contribution in [-0.2, 0) is 11.2 Å². The maximum atomic E-state index is 12.3. The van der Waals surface area contributed by atoms with E-state index < -0.39 is 0 Å². The van der Waals surface area contributed by atoms with Crippen molar-refractivity contribution in [2.24, 2.45) is 0 Å². The normalized spacial score (nSPS) is 10.6. The minimum atomic E-state index is 0.0137. The zero-order chi connectivity index (χ0) is 18.9. The summed E-state index contributed by atoms with van der Waals surface area (Å²) in [5.74, 6) is 2.58. The highest BCUT2D eigenvalue weighted by Crippen LogP contribution is 2.32. The number of rotatable bonds is 9. The Bertz CT molecular complexity index is 780. The van der Waals surface area contributed by atoms with E-state index in [1.54, 1.807) is 40.6 Å². The van der Waals surface area contributed by atoms with E-state index in [1.165, 1.54) is 0 Å². The molecule has 2 rings (SSSR count). The zero-order valence-electron chi connectivity index (χ0n) is 15.6. The standard InChI is InChI=1S/C21H24O5/c1-23-18-9-5-7-15(20(18)25-3)11-13-17(22)14-12-16-8-6-10-19(24-2)21(16)26-4/h5-11,13H,12,14H2,1-4H3/b13-11+. The summed E-state index contributed by atoms with van der Waals surface area (Å²) < 4.78 is 21.3. The van der Waals surface area contributed by atoms with Crippen LogP contribution >= 0.6 is 0 Å². The summed E-state index contributed by atoms with van der Waals surface area (Å²) in [5.41, 5.74) is 1.73. The van der Waals surface area contributed by atoms with Crippen LogP contribution < -0.4 is 18.9 Å². The molecule has 0 aromatic heterocycles. The highest BCUT2D eigenvalue weighted by molar-refractivity contribution is 5.94. The molecule has 5 nitrogen and oxygen atoms in total. The van der Waals surface area contributed by atoms with Crippen LogP contribution in [0.2, 0.25) is 0 Å². The van der Waals surface area contributed by atoms with Crippen LogP contribution in [-0.4, -0.2) is 34.2 Å². The molecule has 2 aromatic carbocycles. The first-order valence-electron chi connectivity index (χ1n) is 8.26. The number of hydrogen-bond donors (Lipinski definition) is 0. The lowest BCUT2D eigenvalue weighted by molar-refractivity contribution is -0.114. The Labute approximate surface area is 154 Å². The smallest absolute Gasteiger partial charge is 0.167 e. The van der Waals surface area contributed by atoms with E-state index in [-0.39, 0.29) is 5.78 Å². The van der Waals surface area contributed by atoms with E-state index >= 15 is 0 Å². The highest BCUT2D eigenvalue weighted by atomic mass is 16.5. The van der Waals surface area contributed by atoms with E-state index in [0.717, 1.165) is 11.1 Å². The third kappa shape index (κ3) is 4.57. The molecule has 26 heavy (non-hydrogen) atoms. The van der Waals surface area contributed by atoms with Crippen molar-refractivity contribution in [3.63, 3.8) is 0 Å². The third-order valence-corrected chi connectivity index (χ3v) is 4.01. The number of ether oxygens (including phenoxy) is 4. The molecule has 2 aromatic rings. The third-order valence-electron chi connectivity index (χ3n) is 4.01. The number of aryl methyl sites for hydroxylation is 1. The Morgan fingerprint density at radius 3 is 2.08 bits per heavy atom. The van der Waals surface area contributed by atoms with Crippen molar-refractivity contribution in [1.29, 1.82) is 0 Å². The monoisotopic (exact) mass is 356 g/mol. The summed E-state index contributed by atoms with van der Waals surface area (Å²) in [6.45, 7) is 0. The van der Waals surface area contributed by atoms with Crippen molar-refractivity contribution in [2.45, 2.75) is 12.8 Å². The predicted octanol–water partition coefficient (Wildman–Crippen LogP) is 3.94. The van der Waals surface area contributed by atoms with Gasteiger partial charge in [-0.1, -0.05) is 24.3 Å². The number of hydrogen-bond acceptors (Lipinski definition) is 5. The van der Waals surface area contributed by atoms with Crippen LogP contribution in [0.5, 0.6) is 23.0 Å². The number of carbonyl (C=O) groups excluding carboxylic acids is 1. The van der Waals surface area contributed by atoms with Crippen molar-refractivity contribution in [2.75, 3.05) is 28.4 Å². The molecule has 0 bridgehead atoms. The fraction of sp³-hybridized carbons (Fsp3) is 0.286. The van der Waals surface area contributed by atoms with Gasteiger partial charge in [-0.15, -0.1) is 0 Å². The van der Waals surface area contributed by atoms with Crippen molar-refractivity contribution in [1.82, 2.24) is 0 Å². The Morgan fingerprint density at radius 1 is 0.846 bits per heavy atom. The SMILES string of the molecule is COc1cccc(/C=C/C(=O)CCc2cccc(OC)c2OC)c1OC. The largest absolute Gasteiger partial charge is 0.493 e. The molecule has 0 fully saturated rings. The van der Waals surface area contributed by atoms with Gasteiger partial charge >= 0.3 is 0 Å². The van der Waals surface area contributed by atoms with E-state index in [0.29, 0.717) is 35.8 Å². The quantitative estimate of drug-likeness (QED) is 0.637. The molecule has 0 saturated heterocycles. The van der Waals surface area contributed by atoms with Crippen molar-refractivity contribution in [3.8, 4) is 23.0 Å². The molecule has 0 radical (unpaired) electrons. The number of benzene rings is 2. The topological polar surface area (TPSA) is 54.0 Å². The van der Waals surface area contributed by atoms with Crippen LogP contribution in [0.1, 0.15) is 17.5 Å². The summed E-state index contributed by atoms with van der Waals surface area (Å²) in [6, 6.07) is 11.2. The fourth-order valence-electron chi connectivity index (χ4n) is 2.72. The molecule has 0 spiro atoms. The molecule has 0 saturated carbocycles. The first kappa shape index (κ1) is 19.4. The lowest BCUT2D eigenvalue weighted by Crippen LogP contribution is -2.00. The summed E-state index contributed by atoms with van der Waals surface area (Å²) in [7, 11) is 6.35. The minimum Gasteiger partial charge on any atom is -0.493 e. The molecule has 0 aliphatic carbocycles. The van der Waals surface area contributed by atoms with Crippen LogP contribution in [0, 0.1) is 0 Å². The Kier molecular flexibility index (Phi) is 7.09. The summed E-state index contributed by atoms with van der Waals surface area (Å²) >= 11 is 0. The second-order valence-electron chi connectivity index (χ2n) is 5.54. The molecular formula is C21H24O5. The molecule has 138 valence electrons. The first-order chi connectivity index (χ1) is 12.6. The molecule has 0 aliphatic heterocycles. The maximum Gasteiger partial charge on any atom is 0.167 e. The molecule has 0 heterocycles. The van der Waals surface area contributed by atoms with Crippen LogP contribution in [0.25, 0.3) is 6.08 Å². The van der Waals surface area contributed by atoms with Gasteiger partial charge in [0.1, 0.15) is 0 Å². The fourth-order valence-corrected chi connectivity index (χ4v) is 2.72. The molecule has 0 unspecified atom stereocenters. The Balaban J connectivity index is 2.07. The summed E-state index contributed by atoms with van der Waals surface area (Å²) in [6.07, 6.45) is 4.24. The molecule has 0 atom stereocenters. The molecule has 5 heteroatoms. The van der Waals surface area contributed by atoms with Crippen LogP contribution in [0.3, 0.4) is 0 Å². The van der Waals surface area contributed by atoms with Gasteiger partial charge in [0.05, 0.1) is 28.4 Å². The molecule has 0 amide bonds. The zero-order valence-corrected chi connectivity index (χ0v) is 15.6. The minimum absolute atomic E-state index is 0.0137. The summed E-state index contributed by atoms with van der Waals surface area (Å²) in [5, 5.41) is 0. The van der Waals surface area contributed by atoms with Gasteiger partial charge < -0.3 is 18.9 Å². The second-order valence-corrected chi connectivity index (χ2v) is 5.54. The lowest BCUT2D eigenvalue weighted by Gasteiger charge is -2.12. The number of ketones is 1. The van der Waals surface area contributed by atoms with E-state index in [4.69, 9.17) is 18.9 Å². The van der Waals surface area contributed by atoms with E-state index in [1.807, 2.05) is 36.4 Å². The predicted molar refractivity (Wildman–Crippen MR) is 101 cm³/mol. The van der Waals surface area contributed by atoms with E-state index in [2.05, 4.69) is 0 Å². The van der Waals surface area contributed by atoms with Gasteiger partial charge in [-0.05, 0) is 36.3 Å². The van der Waals surface area contributed by atoms with Gasteiger partial charge in [0, 0.05) is 12.0 Å². The average Bonchev–Trinajstić information content (AvgIpc) is 2.69. The highest BCUT2D eigenvalue weighted by Gasteiger charge is 2.11. The number of para-hydroxylation sites is 2. The van der Waals surface area contributed by atoms with Crippen molar-refractivity contribution in [3.05, 3.63) is 53.6 Å². The van der Waals surface area contributed by atoms with Crippen molar-refractivity contribution < 1.29 is 23.7 Å². The Morgan fingerprint density at radius 2 is 1.46 bits per heavy atom. The van der Waals surface area contributed by atoms with Gasteiger partial charge in [-0.2, -0.15) is 0 Å². The van der Waals surface area contributed by atoms with Crippen LogP contribution in [0.4, 0.5) is 0 Å². The maximum absolute atomic E-state index is 12.3. The molecule has 0 aliphatic rings. The molecule has 0 N–H and O–H groups in total. The van der Waals surface area contributed by atoms with Gasteiger partial charge in [-0.3, -0.25) is 4.79 Å². The van der Waals surface area contributed by atoms with Crippen LogP contribution in [0.15, 0.2) is 42.5 Å². The van der Waals surface area contributed by atoms with Gasteiger partial charge in [0.25, 0.3) is 0 Å². The number of allylic oxidation sites excluding steroid dienone is 1. The van der Waals surface area contributed by atoms with Gasteiger partial charge in [0.2, 0.25) is 0 Å². The second kappa shape index (κ2) is 9.51. The number of methoxy groups -OCH3 is 4. The lowest BCUT2D eigenvalue weighted by atomic mass is 10.0. The average molecular weight is 356 g/mol. The van der Waals surface area contributed by atoms with Gasteiger partial charge in [0.15, 0.2) is 28.8 Å². The molecular weight excluding hydrogens is 332 g/mol. The van der Waals surface area contributed by atoms with E-state index in [9.17, 15) is 4.79 Å². The van der Waals surface area contributed by atoms with Crippen molar-refractivity contribution >= 4 is 11.9 Å². The first-order valence-corrected chi connectivity index (χ1v) is 8.26. The summed E-state index contributed by atoms with van der Waals surface area (Å²) in [4.78, 5) is 12.3.